The number of aromatic nitrogens is 2. The van der Waals surface area contributed by atoms with Gasteiger partial charge >= 0.3 is 0 Å². The normalized spacial score (nSPS) is 12.8. The third-order valence-electron chi connectivity index (χ3n) is 2.96. The maximum Gasteiger partial charge on any atom is 0.161 e. The van der Waals surface area contributed by atoms with Crippen LogP contribution in [-0.4, -0.2) is 16.9 Å². The summed E-state index contributed by atoms with van der Waals surface area (Å²) >= 11 is 1.73. The summed E-state index contributed by atoms with van der Waals surface area (Å²) in [5, 5.41) is 4.18. The summed E-state index contributed by atoms with van der Waals surface area (Å²) < 4.78 is 7.06. The molecule has 0 fully saturated rings. The van der Waals surface area contributed by atoms with Crippen LogP contribution in [-0.2, 0) is 7.05 Å². The molecule has 0 bridgehead atoms. The Morgan fingerprint density at radius 1 is 1.47 bits per heavy atom. The van der Waals surface area contributed by atoms with E-state index in [0.29, 0.717) is 0 Å². The minimum atomic E-state index is -0.185. The molecule has 0 amide bonds. The van der Waals surface area contributed by atoms with Crippen molar-refractivity contribution < 1.29 is 4.74 Å². The minimum absolute atomic E-state index is 0.185. The van der Waals surface area contributed by atoms with Crippen LogP contribution in [0.3, 0.4) is 0 Å². The van der Waals surface area contributed by atoms with Crippen LogP contribution in [0.15, 0.2) is 12.3 Å². The Hall–Kier alpha value is -1.33. The molecule has 2 N–H and O–H groups in total. The van der Waals surface area contributed by atoms with Crippen LogP contribution in [0.2, 0.25) is 0 Å². The SMILES string of the molecule is COc1cnn(C)c1C(N)c1cc(C)c(C)s1. The summed E-state index contributed by atoms with van der Waals surface area (Å²) in [6.07, 6.45) is 1.70. The van der Waals surface area contributed by atoms with E-state index < -0.39 is 0 Å². The van der Waals surface area contributed by atoms with Crippen molar-refractivity contribution in [2.24, 2.45) is 12.8 Å². The highest BCUT2D eigenvalue weighted by molar-refractivity contribution is 7.12. The lowest BCUT2D eigenvalue weighted by Gasteiger charge is -2.12. The molecule has 1 atom stereocenters. The van der Waals surface area contributed by atoms with E-state index in [0.717, 1.165) is 16.3 Å². The molecule has 0 aliphatic carbocycles. The highest BCUT2D eigenvalue weighted by atomic mass is 32.1. The Bertz CT molecular complexity index is 510. The van der Waals surface area contributed by atoms with E-state index in [1.807, 2.05) is 7.05 Å². The highest BCUT2D eigenvalue weighted by Crippen LogP contribution is 2.32. The Morgan fingerprint density at radius 2 is 2.18 bits per heavy atom. The predicted molar refractivity (Wildman–Crippen MR) is 69.6 cm³/mol. The zero-order valence-corrected chi connectivity index (χ0v) is 11.3. The van der Waals surface area contributed by atoms with Gasteiger partial charge in [-0.25, -0.2) is 0 Å². The summed E-state index contributed by atoms with van der Waals surface area (Å²) in [7, 11) is 3.52. The van der Waals surface area contributed by atoms with Gasteiger partial charge in [0.15, 0.2) is 5.75 Å². The van der Waals surface area contributed by atoms with Crippen molar-refractivity contribution in [2.45, 2.75) is 19.9 Å². The number of hydrogen-bond donors (Lipinski definition) is 1. The molecule has 4 nitrogen and oxygen atoms in total. The number of methoxy groups -OCH3 is 1. The van der Waals surface area contributed by atoms with E-state index in [1.54, 1.807) is 29.3 Å². The average Bonchev–Trinajstić information content (AvgIpc) is 2.82. The maximum absolute atomic E-state index is 6.29. The average molecular weight is 251 g/mol. The summed E-state index contributed by atoms with van der Waals surface area (Å²) in [5.74, 6) is 0.740. The van der Waals surface area contributed by atoms with Gasteiger partial charge in [-0.2, -0.15) is 5.10 Å². The van der Waals surface area contributed by atoms with Crippen molar-refractivity contribution in [1.29, 1.82) is 0 Å². The van der Waals surface area contributed by atoms with Crippen LogP contribution >= 0.6 is 11.3 Å². The van der Waals surface area contributed by atoms with Gasteiger partial charge in [0, 0.05) is 16.8 Å². The number of rotatable bonds is 3. The standard InChI is InChI=1S/C12H17N3OS/c1-7-5-10(17-8(7)2)11(13)12-9(16-4)6-14-15(12)3/h5-6,11H,13H2,1-4H3. The number of hydrogen-bond acceptors (Lipinski definition) is 4. The number of thiophene rings is 1. The van der Waals surface area contributed by atoms with Crippen LogP contribution in [0, 0.1) is 13.8 Å². The van der Waals surface area contributed by atoms with Crippen molar-refractivity contribution in [3.8, 4) is 5.75 Å². The molecule has 0 aromatic carbocycles. The van der Waals surface area contributed by atoms with Gasteiger partial charge in [0.05, 0.1) is 19.3 Å². The second-order valence-corrected chi connectivity index (χ2v) is 5.38. The fourth-order valence-corrected chi connectivity index (χ4v) is 2.88. The van der Waals surface area contributed by atoms with Crippen molar-refractivity contribution in [1.82, 2.24) is 9.78 Å². The molecular weight excluding hydrogens is 234 g/mol. The van der Waals surface area contributed by atoms with Gasteiger partial charge in [-0.3, -0.25) is 4.68 Å². The van der Waals surface area contributed by atoms with Crippen LogP contribution < -0.4 is 10.5 Å². The summed E-state index contributed by atoms with van der Waals surface area (Å²) in [4.78, 5) is 2.44. The second-order valence-electron chi connectivity index (χ2n) is 4.09. The number of nitrogens with zero attached hydrogens (tertiary/aromatic N) is 2. The molecule has 0 aliphatic rings. The topological polar surface area (TPSA) is 53.1 Å². The lowest BCUT2D eigenvalue weighted by Crippen LogP contribution is -2.15. The Labute approximate surface area is 105 Å². The first-order valence-electron chi connectivity index (χ1n) is 5.43. The lowest BCUT2D eigenvalue weighted by molar-refractivity contribution is 0.406. The quantitative estimate of drug-likeness (QED) is 0.909. The van der Waals surface area contributed by atoms with Crippen LogP contribution in [0.1, 0.15) is 27.1 Å². The molecule has 92 valence electrons. The molecular formula is C12H17N3OS. The number of aryl methyl sites for hydroxylation is 3. The molecule has 2 aromatic heterocycles. The molecule has 17 heavy (non-hydrogen) atoms. The van der Waals surface area contributed by atoms with Gasteiger partial charge < -0.3 is 10.5 Å². The molecule has 0 spiro atoms. The van der Waals surface area contributed by atoms with Crippen LogP contribution in [0.25, 0.3) is 0 Å². The lowest BCUT2D eigenvalue weighted by atomic mass is 10.1. The monoisotopic (exact) mass is 251 g/mol. The maximum atomic E-state index is 6.29. The van der Waals surface area contributed by atoms with Gasteiger partial charge in [-0.15, -0.1) is 11.3 Å². The van der Waals surface area contributed by atoms with Crippen molar-refractivity contribution in [2.75, 3.05) is 7.11 Å². The Kier molecular flexibility index (Phi) is 3.22. The Morgan fingerprint density at radius 3 is 2.71 bits per heavy atom. The largest absolute Gasteiger partial charge is 0.493 e. The van der Waals surface area contributed by atoms with Gasteiger partial charge in [0.1, 0.15) is 5.69 Å². The van der Waals surface area contributed by atoms with E-state index >= 15 is 0 Å². The van der Waals surface area contributed by atoms with E-state index in [9.17, 15) is 0 Å². The second kappa shape index (κ2) is 4.50. The fraction of sp³-hybridized carbons (Fsp3) is 0.417. The first-order valence-corrected chi connectivity index (χ1v) is 6.24. The highest BCUT2D eigenvalue weighted by Gasteiger charge is 2.20. The zero-order valence-electron chi connectivity index (χ0n) is 10.5. The van der Waals surface area contributed by atoms with E-state index in [-0.39, 0.29) is 6.04 Å². The molecule has 0 saturated carbocycles. The van der Waals surface area contributed by atoms with Crippen molar-refractivity contribution >= 4 is 11.3 Å². The smallest absolute Gasteiger partial charge is 0.161 e. The fourth-order valence-electron chi connectivity index (χ4n) is 1.83. The number of ether oxygens (including phenoxy) is 1. The van der Waals surface area contributed by atoms with Gasteiger partial charge in [0.2, 0.25) is 0 Å². The molecule has 1 unspecified atom stereocenters. The third-order valence-corrected chi connectivity index (χ3v) is 4.19. The predicted octanol–water partition coefficient (Wildman–Crippen LogP) is 2.16. The van der Waals surface area contributed by atoms with E-state index in [4.69, 9.17) is 10.5 Å². The third kappa shape index (κ3) is 2.08. The first kappa shape index (κ1) is 12.1. The van der Waals surface area contributed by atoms with E-state index in [1.165, 1.54) is 10.4 Å². The molecule has 0 aliphatic heterocycles. The Balaban J connectivity index is 2.42. The van der Waals surface area contributed by atoms with Crippen LogP contribution in [0.4, 0.5) is 0 Å². The van der Waals surface area contributed by atoms with E-state index in [2.05, 4.69) is 25.0 Å². The summed E-state index contributed by atoms with van der Waals surface area (Å²) in [5.41, 5.74) is 8.48. The molecule has 0 saturated heterocycles. The molecule has 0 radical (unpaired) electrons. The molecule has 2 rings (SSSR count). The summed E-state index contributed by atoms with van der Waals surface area (Å²) in [6, 6.07) is 1.95. The minimum Gasteiger partial charge on any atom is -0.493 e. The summed E-state index contributed by atoms with van der Waals surface area (Å²) in [6.45, 7) is 4.21. The number of nitrogens with two attached hydrogens (primary N) is 1. The van der Waals surface area contributed by atoms with Crippen LogP contribution in [0.5, 0.6) is 5.75 Å². The molecule has 2 heterocycles. The van der Waals surface area contributed by atoms with Gasteiger partial charge in [-0.05, 0) is 25.5 Å². The van der Waals surface area contributed by atoms with Crippen molar-refractivity contribution in [3.63, 3.8) is 0 Å². The molecule has 2 aromatic rings. The van der Waals surface area contributed by atoms with Gasteiger partial charge in [0.25, 0.3) is 0 Å². The van der Waals surface area contributed by atoms with Crippen molar-refractivity contribution in [3.05, 3.63) is 33.3 Å². The zero-order chi connectivity index (χ0) is 12.6. The van der Waals surface area contributed by atoms with Gasteiger partial charge in [-0.1, -0.05) is 0 Å². The molecule has 5 heteroatoms. The first-order chi connectivity index (χ1) is 8.04.